The van der Waals surface area contributed by atoms with Gasteiger partial charge < -0.3 is 0 Å². The minimum atomic E-state index is 0.750. The zero-order valence-electron chi connectivity index (χ0n) is 7.35. The lowest BCUT2D eigenvalue weighted by Crippen LogP contribution is -1.84. The number of hydrogen-bond acceptors (Lipinski definition) is 0. The maximum atomic E-state index is 2.43. The first-order valence-corrected chi connectivity index (χ1v) is 4.38. The molecule has 0 aromatic carbocycles. The first kappa shape index (κ1) is 7.84. The van der Waals surface area contributed by atoms with Crippen molar-refractivity contribution in [3.8, 4) is 0 Å². The van der Waals surface area contributed by atoms with Crippen LogP contribution in [0.2, 0.25) is 0 Å². The summed E-state index contributed by atoms with van der Waals surface area (Å²) < 4.78 is 0. The summed E-state index contributed by atoms with van der Waals surface area (Å²) in [6, 6.07) is 0. The van der Waals surface area contributed by atoms with Crippen molar-refractivity contribution >= 4 is 0 Å². The minimum absolute atomic E-state index is 0.750. The quantitative estimate of drug-likeness (QED) is 0.487. The third-order valence-electron chi connectivity index (χ3n) is 2.14. The fourth-order valence-electron chi connectivity index (χ4n) is 1.71. The molecule has 0 N–H and O–H groups in total. The van der Waals surface area contributed by atoms with Crippen LogP contribution in [-0.2, 0) is 0 Å². The number of allylic oxidation sites excluding steroid dienone is 2. The largest absolute Gasteiger partial charge is 0.0828 e. The third kappa shape index (κ3) is 2.17. The zero-order chi connectivity index (χ0) is 7.56. The van der Waals surface area contributed by atoms with Gasteiger partial charge in [-0.2, -0.15) is 0 Å². The number of hydrogen-bond donors (Lipinski definition) is 0. The Balaban J connectivity index is 2.43. The van der Waals surface area contributed by atoms with Crippen molar-refractivity contribution in [3.63, 3.8) is 0 Å². The van der Waals surface area contributed by atoms with Crippen molar-refractivity contribution in [1.29, 1.82) is 0 Å². The van der Waals surface area contributed by atoms with E-state index in [2.05, 4.69) is 26.8 Å². The molecule has 0 heteroatoms. The molecule has 0 aliphatic heterocycles. The molecule has 1 fully saturated rings. The van der Waals surface area contributed by atoms with Gasteiger partial charge in [0.2, 0.25) is 0 Å². The van der Waals surface area contributed by atoms with Gasteiger partial charge in [0.1, 0.15) is 0 Å². The second-order valence-electron chi connectivity index (χ2n) is 3.92. The molecule has 1 aliphatic rings. The van der Waals surface area contributed by atoms with E-state index in [4.69, 9.17) is 0 Å². The predicted octanol–water partition coefficient (Wildman–Crippen LogP) is 3.39. The SMILES string of the molecule is CC(C)/C=C1\CCC(C)C1. The maximum Gasteiger partial charge on any atom is -0.0288 e. The van der Waals surface area contributed by atoms with E-state index in [1.165, 1.54) is 19.3 Å². The van der Waals surface area contributed by atoms with E-state index >= 15 is 0 Å². The van der Waals surface area contributed by atoms with Gasteiger partial charge in [-0.15, -0.1) is 0 Å². The van der Waals surface area contributed by atoms with E-state index < -0.39 is 0 Å². The summed E-state index contributed by atoms with van der Waals surface area (Å²) in [5.41, 5.74) is 1.70. The van der Waals surface area contributed by atoms with Gasteiger partial charge in [-0.1, -0.05) is 32.4 Å². The molecular formula is C10H18. The highest BCUT2D eigenvalue weighted by molar-refractivity contribution is 5.08. The molecule has 58 valence electrons. The Labute approximate surface area is 64.3 Å². The van der Waals surface area contributed by atoms with Crippen LogP contribution in [0.5, 0.6) is 0 Å². The van der Waals surface area contributed by atoms with Crippen LogP contribution < -0.4 is 0 Å². The van der Waals surface area contributed by atoms with Crippen LogP contribution in [0.4, 0.5) is 0 Å². The van der Waals surface area contributed by atoms with Crippen LogP contribution in [0.15, 0.2) is 11.6 Å². The van der Waals surface area contributed by atoms with Gasteiger partial charge >= 0.3 is 0 Å². The molecule has 1 rings (SSSR count). The molecule has 0 saturated heterocycles. The van der Waals surface area contributed by atoms with E-state index in [-0.39, 0.29) is 0 Å². The molecule has 1 aliphatic carbocycles. The van der Waals surface area contributed by atoms with E-state index in [9.17, 15) is 0 Å². The highest BCUT2D eigenvalue weighted by atomic mass is 14.2. The fraction of sp³-hybridized carbons (Fsp3) is 0.800. The summed E-state index contributed by atoms with van der Waals surface area (Å²) in [7, 11) is 0. The Bertz CT molecular complexity index is 131. The minimum Gasteiger partial charge on any atom is -0.0828 e. The van der Waals surface area contributed by atoms with E-state index in [1.54, 1.807) is 5.57 Å². The lowest BCUT2D eigenvalue weighted by Gasteiger charge is -1.99. The van der Waals surface area contributed by atoms with E-state index in [1.807, 2.05) is 0 Å². The molecule has 1 atom stereocenters. The molecule has 0 amide bonds. The lowest BCUT2D eigenvalue weighted by atomic mass is 10.1. The Kier molecular flexibility index (Phi) is 2.53. The van der Waals surface area contributed by atoms with Gasteiger partial charge in [0, 0.05) is 0 Å². The molecule has 0 radical (unpaired) electrons. The summed E-state index contributed by atoms with van der Waals surface area (Å²) in [4.78, 5) is 0. The second-order valence-corrected chi connectivity index (χ2v) is 3.92. The van der Waals surface area contributed by atoms with Crippen molar-refractivity contribution in [2.45, 2.75) is 40.0 Å². The van der Waals surface area contributed by atoms with Crippen LogP contribution in [-0.4, -0.2) is 0 Å². The molecule has 0 heterocycles. The molecule has 0 aromatic rings. The average molecular weight is 138 g/mol. The fourth-order valence-corrected chi connectivity index (χ4v) is 1.71. The zero-order valence-corrected chi connectivity index (χ0v) is 7.35. The summed E-state index contributed by atoms with van der Waals surface area (Å²) in [5.74, 6) is 1.70. The van der Waals surface area contributed by atoms with Crippen LogP contribution >= 0.6 is 0 Å². The standard InChI is InChI=1S/C10H18/c1-8(2)6-10-5-4-9(3)7-10/h6,8-9H,4-5,7H2,1-3H3/b10-6+. The van der Waals surface area contributed by atoms with Crippen LogP contribution in [0.1, 0.15) is 40.0 Å². The Morgan fingerprint density at radius 1 is 1.50 bits per heavy atom. The van der Waals surface area contributed by atoms with Crippen molar-refractivity contribution in [3.05, 3.63) is 11.6 Å². The first-order valence-electron chi connectivity index (χ1n) is 4.38. The molecule has 1 saturated carbocycles. The molecule has 0 nitrogen and oxygen atoms in total. The second kappa shape index (κ2) is 3.23. The van der Waals surface area contributed by atoms with Gasteiger partial charge in [-0.25, -0.2) is 0 Å². The van der Waals surface area contributed by atoms with Crippen molar-refractivity contribution in [2.24, 2.45) is 11.8 Å². The Morgan fingerprint density at radius 2 is 2.20 bits per heavy atom. The molecule has 1 unspecified atom stereocenters. The van der Waals surface area contributed by atoms with Crippen molar-refractivity contribution < 1.29 is 0 Å². The number of rotatable bonds is 1. The highest BCUT2D eigenvalue weighted by Crippen LogP contribution is 2.30. The summed E-state index contributed by atoms with van der Waals surface area (Å²) in [6.07, 6.45) is 6.57. The molecule has 0 spiro atoms. The smallest absolute Gasteiger partial charge is 0.0288 e. The van der Waals surface area contributed by atoms with Crippen LogP contribution in [0.3, 0.4) is 0 Å². The Hall–Kier alpha value is -0.260. The van der Waals surface area contributed by atoms with E-state index in [0.29, 0.717) is 0 Å². The van der Waals surface area contributed by atoms with Gasteiger partial charge in [0.25, 0.3) is 0 Å². The summed E-state index contributed by atoms with van der Waals surface area (Å²) in [5, 5.41) is 0. The van der Waals surface area contributed by atoms with Crippen LogP contribution in [0.25, 0.3) is 0 Å². The predicted molar refractivity (Wildman–Crippen MR) is 45.9 cm³/mol. The van der Waals surface area contributed by atoms with Gasteiger partial charge in [-0.05, 0) is 31.1 Å². The van der Waals surface area contributed by atoms with Gasteiger partial charge in [-0.3, -0.25) is 0 Å². The molecule has 0 aromatic heterocycles. The molecular weight excluding hydrogens is 120 g/mol. The van der Waals surface area contributed by atoms with Crippen molar-refractivity contribution in [1.82, 2.24) is 0 Å². The monoisotopic (exact) mass is 138 g/mol. The van der Waals surface area contributed by atoms with Gasteiger partial charge in [0.05, 0.1) is 0 Å². The maximum absolute atomic E-state index is 2.43. The molecule has 0 bridgehead atoms. The lowest BCUT2D eigenvalue weighted by molar-refractivity contribution is 0.619. The van der Waals surface area contributed by atoms with Crippen LogP contribution in [0, 0.1) is 11.8 Å². The Morgan fingerprint density at radius 3 is 2.60 bits per heavy atom. The summed E-state index contributed by atoms with van der Waals surface area (Å²) in [6.45, 7) is 6.87. The topological polar surface area (TPSA) is 0 Å². The van der Waals surface area contributed by atoms with Gasteiger partial charge in [0.15, 0.2) is 0 Å². The third-order valence-corrected chi connectivity index (χ3v) is 2.14. The normalized spacial score (nSPS) is 30.4. The van der Waals surface area contributed by atoms with Crippen molar-refractivity contribution in [2.75, 3.05) is 0 Å². The highest BCUT2D eigenvalue weighted by Gasteiger charge is 2.14. The average Bonchev–Trinajstić information content (AvgIpc) is 2.13. The molecule has 10 heavy (non-hydrogen) atoms. The van der Waals surface area contributed by atoms with E-state index in [0.717, 1.165) is 11.8 Å². The first-order chi connectivity index (χ1) is 4.68. The summed E-state index contributed by atoms with van der Waals surface area (Å²) >= 11 is 0.